The molecule has 29 heavy (non-hydrogen) atoms. The zero-order valence-corrected chi connectivity index (χ0v) is 16.8. The molecule has 1 amide bonds. The fraction of sp³-hybridized carbons (Fsp3) is 0.273. The van der Waals surface area contributed by atoms with Gasteiger partial charge in [-0.05, 0) is 24.3 Å². The van der Waals surface area contributed by atoms with Gasteiger partial charge in [-0.1, -0.05) is 48.0 Å². The van der Waals surface area contributed by atoms with E-state index in [-0.39, 0.29) is 5.91 Å². The highest BCUT2D eigenvalue weighted by Crippen LogP contribution is 2.28. The Kier molecular flexibility index (Phi) is 6.24. The van der Waals surface area contributed by atoms with Crippen LogP contribution in [0.4, 0.5) is 0 Å². The Morgan fingerprint density at radius 1 is 1.07 bits per heavy atom. The maximum absolute atomic E-state index is 13.0. The Morgan fingerprint density at radius 3 is 2.55 bits per heavy atom. The van der Waals surface area contributed by atoms with E-state index in [1.54, 1.807) is 10.7 Å². The second kappa shape index (κ2) is 9.22. The van der Waals surface area contributed by atoms with Crippen molar-refractivity contribution in [3.63, 3.8) is 0 Å². The number of amides is 1. The molecule has 1 aliphatic heterocycles. The van der Waals surface area contributed by atoms with Gasteiger partial charge in [0.2, 0.25) is 0 Å². The number of morpholine rings is 1. The minimum atomic E-state index is -0.159. The molecule has 0 unspecified atom stereocenters. The lowest BCUT2D eigenvalue weighted by atomic mass is 10.1. The van der Waals surface area contributed by atoms with Crippen LogP contribution in [0.15, 0.2) is 60.7 Å². The summed E-state index contributed by atoms with van der Waals surface area (Å²) in [5, 5.41) is 8.30. The number of benzene rings is 2. The van der Waals surface area contributed by atoms with Crippen LogP contribution in [0.3, 0.4) is 0 Å². The van der Waals surface area contributed by atoms with Crippen LogP contribution in [0.25, 0.3) is 16.9 Å². The predicted molar refractivity (Wildman–Crippen MR) is 114 cm³/mol. The molecule has 0 radical (unpaired) electrons. The summed E-state index contributed by atoms with van der Waals surface area (Å²) in [6, 6.07) is 18.9. The second-order valence-corrected chi connectivity index (χ2v) is 7.26. The number of hydrogen-bond donors (Lipinski definition) is 1. The van der Waals surface area contributed by atoms with Crippen LogP contribution in [0.2, 0.25) is 5.02 Å². The SMILES string of the molecule is O=C(NCCN1CCOCC1)c1cc(-c2ccccc2Cl)nn1-c1ccccc1. The van der Waals surface area contributed by atoms with Gasteiger partial charge in [0.05, 0.1) is 29.6 Å². The van der Waals surface area contributed by atoms with Crippen LogP contribution >= 0.6 is 11.6 Å². The van der Waals surface area contributed by atoms with Gasteiger partial charge in [-0.2, -0.15) is 5.10 Å². The van der Waals surface area contributed by atoms with Crippen LogP contribution in [0.1, 0.15) is 10.5 Å². The van der Waals surface area contributed by atoms with Crippen LogP contribution in [0.5, 0.6) is 0 Å². The van der Waals surface area contributed by atoms with E-state index in [2.05, 4.69) is 15.3 Å². The van der Waals surface area contributed by atoms with Gasteiger partial charge >= 0.3 is 0 Å². The average Bonchev–Trinajstić information content (AvgIpc) is 3.21. The molecule has 150 valence electrons. The Balaban J connectivity index is 1.57. The number of nitrogens with zero attached hydrogens (tertiary/aromatic N) is 3. The molecule has 3 aromatic rings. The van der Waals surface area contributed by atoms with Crippen molar-refractivity contribution >= 4 is 17.5 Å². The molecule has 1 aromatic heterocycles. The van der Waals surface area contributed by atoms with E-state index in [4.69, 9.17) is 16.3 Å². The standard InChI is InChI=1S/C22H23ClN4O2/c23-19-9-5-4-8-18(19)20-16-21(27(25-20)17-6-2-1-3-7-17)22(28)24-10-11-26-12-14-29-15-13-26/h1-9,16H,10-15H2,(H,24,28). The van der Waals surface area contributed by atoms with Crippen molar-refractivity contribution in [1.29, 1.82) is 0 Å². The number of ether oxygens (including phenoxy) is 1. The highest BCUT2D eigenvalue weighted by molar-refractivity contribution is 6.33. The fourth-order valence-corrected chi connectivity index (χ4v) is 3.58. The first-order chi connectivity index (χ1) is 14.2. The Bertz CT molecular complexity index is 968. The quantitative estimate of drug-likeness (QED) is 0.677. The minimum Gasteiger partial charge on any atom is -0.379 e. The number of aromatic nitrogens is 2. The topological polar surface area (TPSA) is 59.4 Å². The lowest BCUT2D eigenvalue weighted by molar-refractivity contribution is 0.0383. The molecule has 1 aliphatic rings. The van der Waals surface area contributed by atoms with Crippen molar-refractivity contribution in [2.45, 2.75) is 0 Å². The monoisotopic (exact) mass is 410 g/mol. The Labute approximate surface area is 175 Å². The number of para-hydroxylation sites is 1. The molecule has 6 nitrogen and oxygen atoms in total. The number of carbonyl (C=O) groups is 1. The van der Waals surface area contributed by atoms with E-state index in [1.807, 2.05) is 54.6 Å². The number of carbonyl (C=O) groups excluding carboxylic acids is 1. The molecule has 2 aromatic carbocycles. The van der Waals surface area contributed by atoms with E-state index in [9.17, 15) is 4.79 Å². The highest BCUT2D eigenvalue weighted by atomic mass is 35.5. The molecule has 7 heteroatoms. The molecule has 0 atom stereocenters. The van der Waals surface area contributed by atoms with E-state index < -0.39 is 0 Å². The zero-order valence-electron chi connectivity index (χ0n) is 16.1. The number of halogens is 1. The molecule has 1 saturated heterocycles. The first kappa shape index (κ1) is 19.6. The first-order valence-electron chi connectivity index (χ1n) is 9.71. The van der Waals surface area contributed by atoms with Gasteiger partial charge in [0.25, 0.3) is 5.91 Å². The number of rotatable bonds is 6. The van der Waals surface area contributed by atoms with E-state index in [0.717, 1.165) is 44.1 Å². The second-order valence-electron chi connectivity index (χ2n) is 6.85. The summed E-state index contributed by atoms with van der Waals surface area (Å²) in [4.78, 5) is 15.2. The van der Waals surface area contributed by atoms with E-state index >= 15 is 0 Å². The van der Waals surface area contributed by atoms with Crippen LogP contribution in [-0.4, -0.2) is 60.0 Å². The van der Waals surface area contributed by atoms with Gasteiger partial charge in [0.15, 0.2) is 0 Å². The zero-order chi connectivity index (χ0) is 20.1. The lowest BCUT2D eigenvalue weighted by Crippen LogP contribution is -2.41. The normalized spacial score (nSPS) is 14.7. The van der Waals surface area contributed by atoms with Crippen molar-refractivity contribution in [3.05, 3.63) is 71.4 Å². The molecule has 1 N–H and O–H groups in total. The highest BCUT2D eigenvalue weighted by Gasteiger charge is 2.19. The third-order valence-electron chi connectivity index (χ3n) is 4.91. The van der Waals surface area contributed by atoms with E-state index in [1.165, 1.54) is 0 Å². The largest absolute Gasteiger partial charge is 0.379 e. The van der Waals surface area contributed by atoms with Gasteiger partial charge < -0.3 is 10.1 Å². The van der Waals surface area contributed by atoms with Gasteiger partial charge in [-0.3, -0.25) is 9.69 Å². The summed E-state index contributed by atoms with van der Waals surface area (Å²) in [6.07, 6.45) is 0. The summed E-state index contributed by atoms with van der Waals surface area (Å²) < 4.78 is 7.03. The van der Waals surface area contributed by atoms with Gasteiger partial charge in [-0.15, -0.1) is 0 Å². The summed E-state index contributed by atoms with van der Waals surface area (Å²) in [5.74, 6) is -0.159. The third kappa shape index (κ3) is 4.67. The molecular weight excluding hydrogens is 388 g/mol. The summed E-state index contributed by atoms with van der Waals surface area (Å²) >= 11 is 6.35. The molecule has 0 spiro atoms. The van der Waals surface area contributed by atoms with Crippen LogP contribution in [0, 0.1) is 0 Å². The maximum Gasteiger partial charge on any atom is 0.270 e. The van der Waals surface area contributed by atoms with Gasteiger partial charge in [0, 0.05) is 31.7 Å². The van der Waals surface area contributed by atoms with Crippen LogP contribution in [-0.2, 0) is 4.74 Å². The van der Waals surface area contributed by atoms with Gasteiger partial charge in [0.1, 0.15) is 5.69 Å². The summed E-state index contributed by atoms with van der Waals surface area (Å²) in [5.41, 5.74) is 2.77. The lowest BCUT2D eigenvalue weighted by Gasteiger charge is -2.26. The van der Waals surface area contributed by atoms with Crippen molar-refractivity contribution in [3.8, 4) is 16.9 Å². The molecular formula is C22H23ClN4O2. The third-order valence-corrected chi connectivity index (χ3v) is 5.24. The first-order valence-corrected chi connectivity index (χ1v) is 10.1. The molecule has 2 heterocycles. The van der Waals surface area contributed by atoms with E-state index in [0.29, 0.717) is 23.0 Å². The molecule has 0 saturated carbocycles. The fourth-order valence-electron chi connectivity index (χ4n) is 3.35. The van der Waals surface area contributed by atoms with Crippen molar-refractivity contribution in [2.75, 3.05) is 39.4 Å². The predicted octanol–water partition coefficient (Wildman–Crippen LogP) is 3.25. The average molecular weight is 411 g/mol. The summed E-state index contributed by atoms with van der Waals surface area (Å²) in [6.45, 7) is 4.65. The van der Waals surface area contributed by atoms with Crippen molar-refractivity contribution < 1.29 is 9.53 Å². The molecule has 0 aliphatic carbocycles. The van der Waals surface area contributed by atoms with Crippen molar-refractivity contribution in [2.24, 2.45) is 0 Å². The minimum absolute atomic E-state index is 0.159. The Hall–Kier alpha value is -2.67. The smallest absolute Gasteiger partial charge is 0.270 e. The molecule has 1 fully saturated rings. The van der Waals surface area contributed by atoms with Crippen LogP contribution < -0.4 is 5.32 Å². The summed E-state index contributed by atoms with van der Waals surface area (Å²) in [7, 11) is 0. The number of hydrogen-bond acceptors (Lipinski definition) is 4. The Morgan fingerprint density at radius 2 is 1.79 bits per heavy atom. The number of nitrogens with one attached hydrogen (secondary N) is 1. The maximum atomic E-state index is 13.0. The van der Waals surface area contributed by atoms with Crippen molar-refractivity contribution in [1.82, 2.24) is 20.0 Å². The molecule has 4 rings (SSSR count). The van der Waals surface area contributed by atoms with Gasteiger partial charge in [-0.25, -0.2) is 4.68 Å². The molecule has 0 bridgehead atoms.